The smallest absolute Gasteiger partial charge is 0.339 e. The van der Waals surface area contributed by atoms with Crippen LogP contribution in [0.3, 0.4) is 0 Å². The lowest BCUT2D eigenvalue weighted by atomic mass is 10.2. The molecule has 0 unspecified atom stereocenters. The topological polar surface area (TPSA) is 55.4 Å². The molecule has 0 saturated heterocycles. The predicted molar refractivity (Wildman–Crippen MR) is 79.8 cm³/mol. The largest absolute Gasteiger partial charge is 0.452 e. The van der Waals surface area contributed by atoms with Crippen molar-refractivity contribution in [3.05, 3.63) is 33.4 Å². The fourth-order valence-corrected chi connectivity index (χ4v) is 2.45. The third-order valence-corrected chi connectivity index (χ3v) is 4.09. The summed E-state index contributed by atoms with van der Waals surface area (Å²) in [5, 5.41) is 2.85. The fraction of sp³-hybridized carbons (Fsp3) is 0.429. The van der Waals surface area contributed by atoms with Crippen molar-refractivity contribution >= 4 is 34.5 Å². The van der Waals surface area contributed by atoms with E-state index in [1.807, 2.05) is 19.1 Å². The number of ether oxygens (including phenoxy) is 1. The van der Waals surface area contributed by atoms with Gasteiger partial charge in [-0.2, -0.15) is 0 Å². The molecule has 1 aromatic carbocycles. The van der Waals surface area contributed by atoms with Gasteiger partial charge in [-0.1, -0.05) is 12.1 Å². The Hall–Kier alpha value is -1.11. The van der Waals surface area contributed by atoms with Crippen LogP contribution in [0.1, 0.15) is 30.1 Å². The number of rotatable bonds is 5. The van der Waals surface area contributed by atoms with E-state index in [1.54, 1.807) is 12.1 Å². The number of hydrogen-bond acceptors (Lipinski definition) is 3. The molecule has 0 spiro atoms. The highest BCUT2D eigenvalue weighted by Gasteiger charge is 2.29. The van der Waals surface area contributed by atoms with E-state index in [-0.39, 0.29) is 18.6 Å². The summed E-state index contributed by atoms with van der Waals surface area (Å²) in [6.07, 6.45) is 2.34. The number of amides is 1. The van der Waals surface area contributed by atoms with Crippen LogP contribution < -0.4 is 5.32 Å². The lowest BCUT2D eigenvalue weighted by Crippen LogP contribution is -2.37. The molecule has 1 amide bonds. The molecule has 4 nitrogen and oxygen atoms in total. The summed E-state index contributed by atoms with van der Waals surface area (Å²) < 4.78 is 5.83. The maximum absolute atomic E-state index is 11.8. The highest BCUT2D eigenvalue weighted by Crippen LogP contribution is 2.32. The van der Waals surface area contributed by atoms with Crippen LogP contribution in [-0.4, -0.2) is 24.5 Å². The first-order valence-corrected chi connectivity index (χ1v) is 7.37. The number of esters is 1. The molecule has 1 saturated carbocycles. The van der Waals surface area contributed by atoms with E-state index in [1.165, 1.54) is 12.8 Å². The molecule has 0 bridgehead atoms. The van der Waals surface area contributed by atoms with E-state index in [2.05, 4.69) is 27.9 Å². The Bertz CT molecular complexity index is 485. The van der Waals surface area contributed by atoms with E-state index in [0.717, 1.165) is 3.57 Å². The lowest BCUT2D eigenvalue weighted by Gasteiger charge is -2.12. The van der Waals surface area contributed by atoms with Crippen molar-refractivity contribution in [2.75, 3.05) is 6.61 Å². The van der Waals surface area contributed by atoms with Crippen LogP contribution in [0.15, 0.2) is 24.3 Å². The second-order valence-corrected chi connectivity index (χ2v) is 5.91. The van der Waals surface area contributed by atoms with Crippen molar-refractivity contribution in [3.8, 4) is 0 Å². The summed E-state index contributed by atoms with van der Waals surface area (Å²) in [5.41, 5.74) is 0.492. The summed E-state index contributed by atoms with van der Waals surface area (Å²) >= 11 is 2.07. The molecule has 5 heteroatoms. The second-order valence-electron chi connectivity index (χ2n) is 4.75. The van der Waals surface area contributed by atoms with E-state index < -0.39 is 5.97 Å². The van der Waals surface area contributed by atoms with E-state index >= 15 is 0 Å². The molecule has 1 aliphatic carbocycles. The summed E-state index contributed by atoms with van der Waals surface area (Å²) in [6, 6.07) is 7.31. The van der Waals surface area contributed by atoms with Crippen LogP contribution in [0.5, 0.6) is 0 Å². The molecule has 1 aliphatic rings. The number of halogens is 1. The molecule has 2 rings (SSSR count). The van der Waals surface area contributed by atoms with Gasteiger partial charge in [0.05, 0.1) is 5.56 Å². The molecule has 0 aromatic heterocycles. The van der Waals surface area contributed by atoms with Gasteiger partial charge in [0.15, 0.2) is 6.61 Å². The van der Waals surface area contributed by atoms with Gasteiger partial charge in [0.2, 0.25) is 0 Å². The van der Waals surface area contributed by atoms with Crippen molar-refractivity contribution in [2.45, 2.75) is 25.8 Å². The van der Waals surface area contributed by atoms with Crippen LogP contribution in [0.4, 0.5) is 0 Å². The summed E-state index contributed by atoms with van der Waals surface area (Å²) in [6.45, 7) is 1.76. The SMILES string of the molecule is C[C@H](NC(=O)COC(=O)c1ccccc1I)C1CC1. The molecule has 0 heterocycles. The highest BCUT2D eigenvalue weighted by atomic mass is 127. The monoisotopic (exact) mass is 373 g/mol. The minimum atomic E-state index is -0.459. The van der Waals surface area contributed by atoms with Crippen LogP contribution in [-0.2, 0) is 9.53 Å². The first-order chi connectivity index (χ1) is 9.08. The standard InChI is InChI=1S/C14H16INO3/c1-9(10-6-7-10)16-13(17)8-19-14(18)11-4-2-3-5-12(11)15/h2-5,9-10H,6-8H2,1H3,(H,16,17)/t9-/m0/s1. The van der Waals surface area contributed by atoms with Crippen LogP contribution >= 0.6 is 22.6 Å². The van der Waals surface area contributed by atoms with Gasteiger partial charge in [-0.3, -0.25) is 4.79 Å². The molecule has 1 atom stereocenters. The number of carbonyl (C=O) groups is 2. The Morgan fingerprint density at radius 3 is 2.74 bits per heavy atom. The Balaban J connectivity index is 1.80. The predicted octanol–water partition coefficient (Wildman–Crippen LogP) is 2.36. The number of benzene rings is 1. The first-order valence-electron chi connectivity index (χ1n) is 6.29. The lowest BCUT2D eigenvalue weighted by molar-refractivity contribution is -0.124. The zero-order valence-electron chi connectivity index (χ0n) is 10.7. The number of nitrogens with one attached hydrogen (secondary N) is 1. The van der Waals surface area contributed by atoms with Gasteiger partial charge in [-0.15, -0.1) is 0 Å². The average molecular weight is 373 g/mol. The minimum Gasteiger partial charge on any atom is -0.452 e. The van der Waals surface area contributed by atoms with Gasteiger partial charge in [-0.05, 0) is 60.4 Å². The summed E-state index contributed by atoms with van der Waals surface area (Å²) in [7, 11) is 0. The van der Waals surface area contributed by atoms with Crippen molar-refractivity contribution in [2.24, 2.45) is 5.92 Å². The van der Waals surface area contributed by atoms with Gasteiger partial charge in [0, 0.05) is 9.61 Å². The van der Waals surface area contributed by atoms with Gasteiger partial charge in [-0.25, -0.2) is 4.79 Å². The average Bonchev–Trinajstić information content (AvgIpc) is 3.20. The quantitative estimate of drug-likeness (QED) is 0.637. The van der Waals surface area contributed by atoms with Crippen molar-refractivity contribution in [1.82, 2.24) is 5.32 Å². The third kappa shape index (κ3) is 4.19. The van der Waals surface area contributed by atoms with E-state index in [0.29, 0.717) is 11.5 Å². The fourth-order valence-electron chi connectivity index (χ4n) is 1.85. The molecule has 1 fully saturated rings. The van der Waals surface area contributed by atoms with Crippen molar-refractivity contribution < 1.29 is 14.3 Å². The zero-order chi connectivity index (χ0) is 13.8. The van der Waals surface area contributed by atoms with Crippen LogP contribution in [0.2, 0.25) is 0 Å². The molecular weight excluding hydrogens is 357 g/mol. The Labute approximate surface area is 126 Å². The minimum absolute atomic E-state index is 0.170. The molecule has 19 heavy (non-hydrogen) atoms. The normalized spacial score (nSPS) is 15.7. The summed E-state index contributed by atoms with van der Waals surface area (Å²) in [4.78, 5) is 23.4. The zero-order valence-corrected chi connectivity index (χ0v) is 12.8. The highest BCUT2D eigenvalue weighted by molar-refractivity contribution is 14.1. The number of hydrogen-bond donors (Lipinski definition) is 1. The van der Waals surface area contributed by atoms with E-state index in [4.69, 9.17) is 4.74 Å². The first kappa shape index (κ1) is 14.3. The molecular formula is C14H16INO3. The molecule has 1 aromatic rings. The maximum atomic E-state index is 11.8. The molecule has 1 N–H and O–H groups in total. The van der Waals surface area contributed by atoms with Gasteiger partial charge >= 0.3 is 5.97 Å². The maximum Gasteiger partial charge on any atom is 0.339 e. The Kier molecular flexibility index (Phi) is 4.79. The second kappa shape index (κ2) is 6.36. The number of carbonyl (C=O) groups excluding carboxylic acids is 2. The Morgan fingerprint density at radius 2 is 2.11 bits per heavy atom. The molecule has 102 valence electrons. The third-order valence-electron chi connectivity index (χ3n) is 3.15. The van der Waals surface area contributed by atoms with Crippen molar-refractivity contribution in [3.63, 3.8) is 0 Å². The van der Waals surface area contributed by atoms with Crippen molar-refractivity contribution in [1.29, 1.82) is 0 Å². The summed E-state index contributed by atoms with van der Waals surface area (Å²) in [5.74, 6) is -0.104. The Morgan fingerprint density at radius 1 is 1.42 bits per heavy atom. The van der Waals surface area contributed by atoms with Crippen LogP contribution in [0.25, 0.3) is 0 Å². The molecule has 0 aliphatic heterocycles. The van der Waals surface area contributed by atoms with Gasteiger partial charge in [0.25, 0.3) is 5.91 Å². The van der Waals surface area contributed by atoms with Gasteiger partial charge in [0.1, 0.15) is 0 Å². The molecule has 0 radical (unpaired) electrons. The van der Waals surface area contributed by atoms with E-state index in [9.17, 15) is 9.59 Å². The van der Waals surface area contributed by atoms with Crippen LogP contribution in [0, 0.1) is 9.49 Å². The van der Waals surface area contributed by atoms with Gasteiger partial charge < -0.3 is 10.1 Å².